The zero-order valence-corrected chi connectivity index (χ0v) is 16.5. The van der Waals surface area contributed by atoms with Gasteiger partial charge in [0, 0.05) is 31.4 Å². The molecule has 1 N–H and O–H groups in total. The molecule has 2 heterocycles. The zero-order valence-electron chi connectivity index (χ0n) is 16.5. The second kappa shape index (κ2) is 8.06. The number of halogens is 1. The van der Waals surface area contributed by atoms with Crippen LogP contribution in [-0.2, 0) is 22.6 Å². The lowest BCUT2D eigenvalue weighted by Crippen LogP contribution is -2.37. The van der Waals surface area contributed by atoms with E-state index >= 15 is 0 Å². The van der Waals surface area contributed by atoms with E-state index in [0.29, 0.717) is 28.8 Å². The predicted molar refractivity (Wildman–Crippen MR) is 112 cm³/mol. The maximum Gasteiger partial charge on any atom is 0.316 e. The van der Waals surface area contributed by atoms with Crippen LogP contribution in [0.1, 0.15) is 25.1 Å². The molecule has 8 heteroatoms. The number of aromatic nitrogens is 2. The van der Waals surface area contributed by atoms with Gasteiger partial charge in [0.05, 0.1) is 10.9 Å². The molecule has 7 nitrogen and oxygen atoms in total. The van der Waals surface area contributed by atoms with Crippen molar-refractivity contribution in [2.24, 2.45) is 0 Å². The van der Waals surface area contributed by atoms with Gasteiger partial charge in [-0.05, 0) is 55.3 Å². The highest BCUT2D eigenvalue weighted by Gasteiger charge is 2.21. The number of rotatable bonds is 2. The lowest BCUT2D eigenvalue weighted by atomic mass is 10.2. The third-order valence-corrected chi connectivity index (χ3v) is 5.29. The summed E-state index contributed by atoms with van der Waals surface area (Å²) in [4.78, 5) is 43.5. The van der Waals surface area contributed by atoms with E-state index in [2.05, 4.69) is 10.3 Å². The summed E-state index contributed by atoms with van der Waals surface area (Å²) in [5, 5.41) is 2.94. The largest absolute Gasteiger partial charge is 0.318 e. The number of amides is 2. The molecule has 0 saturated carbocycles. The van der Waals surface area contributed by atoms with Crippen LogP contribution in [0.5, 0.6) is 0 Å². The number of anilines is 2. The monoisotopic (exact) mass is 408 g/mol. The van der Waals surface area contributed by atoms with E-state index in [1.807, 2.05) is 0 Å². The Labute approximate surface area is 172 Å². The molecule has 2 aromatic carbocycles. The second-order valence-electron chi connectivity index (χ2n) is 7.32. The number of hydrogen-bond acceptors (Lipinski definition) is 4. The molecule has 1 aromatic heterocycles. The Balaban J connectivity index is 1.58. The topological polar surface area (TPSA) is 84.3 Å². The van der Waals surface area contributed by atoms with Crippen molar-refractivity contribution >= 4 is 34.1 Å². The van der Waals surface area contributed by atoms with Gasteiger partial charge in [-0.25, -0.2) is 9.37 Å². The minimum Gasteiger partial charge on any atom is -0.318 e. The SMILES string of the molecule is CN(C(=O)C(=O)Nc1ccc2nc3n(c(=O)c2c1)CCCCC3)c1ccc(F)cc1. The van der Waals surface area contributed by atoms with Crippen LogP contribution in [0.4, 0.5) is 15.8 Å². The van der Waals surface area contributed by atoms with Crippen molar-refractivity contribution in [2.45, 2.75) is 32.2 Å². The number of benzene rings is 2. The average molecular weight is 408 g/mol. The first kappa shape index (κ1) is 19.8. The number of hydrogen-bond donors (Lipinski definition) is 1. The van der Waals surface area contributed by atoms with Gasteiger partial charge in [-0.2, -0.15) is 0 Å². The van der Waals surface area contributed by atoms with Crippen LogP contribution in [0.3, 0.4) is 0 Å². The highest BCUT2D eigenvalue weighted by molar-refractivity contribution is 6.44. The fourth-order valence-corrected chi connectivity index (χ4v) is 3.61. The van der Waals surface area contributed by atoms with Crippen molar-refractivity contribution in [2.75, 3.05) is 17.3 Å². The van der Waals surface area contributed by atoms with Crippen LogP contribution in [0.15, 0.2) is 47.3 Å². The Morgan fingerprint density at radius 3 is 2.63 bits per heavy atom. The summed E-state index contributed by atoms with van der Waals surface area (Å²) in [6.07, 6.45) is 3.77. The molecule has 4 rings (SSSR count). The van der Waals surface area contributed by atoms with Crippen molar-refractivity contribution in [1.29, 1.82) is 0 Å². The Morgan fingerprint density at radius 2 is 1.87 bits per heavy atom. The summed E-state index contributed by atoms with van der Waals surface area (Å²) in [6.45, 7) is 0.634. The Kier molecular flexibility index (Phi) is 5.31. The third kappa shape index (κ3) is 3.80. The van der Waals surface area contributed by atoms with Crippen LogP contribution in [0.25, 0.3) is 10.9 Å². The molecular weight excluding hydrogens is 387 g/mol. The summed E-state index contributed by atoms with van der Waals surface area (Å²) in [6, 6.07) is 10.1. The fourth-order valence-electron chi connectivity index (χ4n) is 3.61. The highest BCUT2D eigenvalue weighted by Crippen LogP contribution is 2.19. The Morgan fingerprint density at radius 1 is 1.10 bits per heavy atom. The summed E-state index contributed by atoms with van der Waals surface area (Å²) < 4.78 is 14.8. The van der Waals surface area contributed by atoms with Crippen molar-refractivity contribution < 1.29 is 14.0 Å². The minimum atomic E-state index is -0.857. The summed E-state index contributed by atoms with van der Waals surface area (Å²) in [5.74, 6) is -1.31. The number of carbonyl (C=O) groups excluding carboxylic acids is 2. The molecule has 0 bridgehead atoms. The lowest BCUT2D eigenvalue weighted by molar-refractivity contribution is -0.134. The van der Waals surface area contributed by atoms with E-state index in [4.69, 9.17) is 0 Å². The van der Waals surface area contributed by atoms with E-state index in [1.165, 1.54) is 31.3 Å². The quantitative estimate of drug-likeness (QED) is 0.661. The van der Waals surface area contributed by atoms with Gasteiger partial charge in [-0.15, -0.1) is 0 Å². The van der Waals surface area contributed by atoms with Crippen LogP contribution < -0.4 is 15.8 Å². The molecule has 1 aliphatic heterocycles. The van der Waals surface area contributed by atoms with Gasteiger partial charge in [-0.1, -0.05) is 6.42 Å². The molecule has 3 aromatic rings. The molecule has 2 amide bonds. The normalized spacial score (nSPS) is 13.4. The van der Waals surface area contributed by atoms with E-state index in [1.54, 1.807) is 22.8 Å². The number of nitrogens with zero attached hydrogens (tertiary/aromatic N) is 3. The molecule has 1 aliphatic rings. The third-order valence-electron chi connectivity index (χ3n) is 5.29. The summed E-state index contributed by atoms with van der Waals surface area (Å²) in [7, 11) is 1.43. The van der Waals surface area contributed by atoms with Gasteiger partial charge < -0.3 is 10.2 Å². The van der Waals surface area contributed by atoms with Crippen LogP contribution in [0, 0.1) is 5.82 Å². The molecule has 0 fully saturated rings. The van der Waals surface area contributed by atoms with Crippen molar-refractivity contribution in [3.05, 3.63) is 64.5 Å². The van der Waals surface area contributed by atoms with Crippen LogP contribution >= 0.6 is 0 Å². The van der Waals surface area contributed by atoms with Gasteiger partial charge in [0.2, 0.25) is 0 Å². The lowest BCUT2D eigenvalue weighted by Gasteiger charge is -2.17. The highest BCUT2D eigenvalue weighted by atomic mass is 19.1. The van der Waals surface area contributed by atoms with E-state index in [-0.39, 0.29) is 5.56 Å². The second-order valence-corrected chi connectivity index (χ2v) is 7.32. The maximum absolute atomic E-state index is 13.1. The minimum absolute atomic E-state index is 0.136. The molecule has 0 saturated heterocycles. The predicted octanol–water partition coefficient (Wildman–Crippen LogP) is 2.86. The van der Waals surface area contributed by atoms with Crippen LogP contribution in [-0.4, -0.2) is 28.4 Å². The summed E-state index contributed by atoms with van der Waals surface area (Å²) >= 11 is 0. The van der Waals surface area contributed by atoms with Gasteiger partial charge in [0.1, 0.15) is 11.6 Å². The standard InChI is InChI=1S/C22H21FN4O3/c1-26(16-9-6-14(23)7-10-16)22(30)20(28)24-15-8-11-18-17(13-15)21(29)27-12-4-2-3-5-19(27)25-18/h6-11,13H,2-5,12H2,1H3,(H,24,28). The van der Waals surface area contributed by atoms with E-state index < -0.39 is 17.6 Å². The van der Waals surface area contributed by atoms with E-state index in [0.717, 1.165) is 36.4 Å². The molecule has 0 spiro atoms. The molecule has 30 heavy (non-hydrogen) atoms. The average Bonchev–Trinajstić information content (AvgIpc) is 2.99. The van der Waals surface area contributed by atoms with Crippen molar-refractivity contribution in [3.63, 3.8) is 0 Å². The number of aryl methyl sites for hydroxylation is 1. The van der Waals surface area contributed by atoms with Gasteiger partial charge in [0.15, 0.2) is 0 Å². The number of carbonyl (C=O) groups is 2. The summed E-state index contributed by atoms with van der Waals surface area (Å²) in [5.41, 5.74) is 1.16. The first-order valence-electron chi connectivity index (χ1n) is 9.82. The smallest absolute Gasteiger partial charge is 0.316 e. The Bertz CT molecular complexity index is 1190. The molecular formula is C22H21FN4O3. The van der Waals surface area contributed by atoms with Gasteiger partial charge in [0.25, 0.3) is 5.56 Å². The van der Waals surface area contributed by atoms with Crippen molar-refractivity contribution in [3.8, 4) is 0 Å². The van der Waals surface area contributed by atoms with Crippen LogP contribution in [0.2, 0.25) is 0 Å². The first-order chi connectivity index (χ1) is 14.4. The van der Waals surface area contributed by atoms with Gasteiger partial charge >= 0.3 is 11.8 Å². The molecule has 0 atom stereocenters. The first-order valence-corrected chi connectivity index (χ1v) is 9.82. The number of nitrogens with one attached hydrogen (secondary N) is 1. The Hall–Kier alpha value is -3.55. The maximum atomic E-state index is 13.1. The zero-order chi connectivity index (χ0) is 21.3. The van der Waals surface area contributed by atoms with E-state index in [9.17, 15) is 18.8 Å². The number of fused-ring (bicyclic) bond motifs is 2. The number of likely N-dealkylation sites (N-methyl/N-ethyl adjacent to an activating group) is 1. The molecule has 0 unspecified atom stereocenters. The van der Waals surface area contributed by atoms with Gasteiger partial charge in [-0.3, -0.25) is 19.0 Å². The molecule has 0 aliphatic carbocycles. The molecule has 154 valence electrons. The molecule has 0 radical (unpaired) electrons. The van der Waals surface area contributed by atoms with Crippen molar-refractivity contribution in [1.82, 2.24) is 9.55 Å². The fraction of sp³-hybridized carbons (Fsp3) is 0.273.